The third-order valence-corrected chi connectivity index (χ3v) is 3.88. The van der Waals surface area contributed by atoms with Gasteiger partial charge in [0.2, 0.25) is 0 Å². The van der Waals surface area contributed by atoms with E-state index in [1.807, 2.05) is 6.07 Å². The molecule has 0 radical (unpaired) electrons. The second kappa shape index (κ2) is 7.17. The zero-order chi connectivity index (χ0) is 17.8. The second-order valence-corrected chi connectivity index (χ2v) is 5.41. The van der Waals surface area contributed by atoms with Crippen LogP contribution in [-0.4, -0.2) is 29.2 Å². The average molecular weight is 338 g/mol. The number of benzene rings is 2. The first-order valence-electron chi connectivity index (χ1n) is 7.93. The van der Waals surface area contributed by atoms with Crippen LogP contribution in [0.25, 0.3) is 10.9 Å². The van der Waals surface area contributed by atoms with Gasteiger partial charge >= 0.3 is 5.97 Å². The number of carbonyl (C=O) groups excluding carboxylic acids is 1. The number of ether oxygens (including phenoxy) is 2. The molecule has 1 aromatic heterocycles. The lowest BCUT2D eigenvalue weighted by atomic mass is 10.1. The predicted octanol–water partition coefficient (Wildman–Crippen LogP) is 2.63. The largest absolute Gasteiger partial charge is 0.496 e. The topological polar surface area (TPSA) is 70.4 Å². The van der Waals surface area contributed by atoms with Crippen LogP contribution in [0, 0.1) is 0 Å². The molecule has 2 aromatic carbocycles. The summed E-state index contributed by atoms with van der Waals surface area (Å²) >= 11 is 0. The lowest BCUT2D eigenvalue weighted by Crippen LogP contribution is -2.22. The minimum atomic E-state index is -0.475. The minimum absolute atomic E-state index is 0.164. The lowest BCUT2D eigenvalue weighted by molar-refractivity contribution is 0.0521. The Kier molecular flexibility index (Phi) is 4.79. The number of fused-ring (bicyclic) bond motifs is 1. The summed E-state index contributed by atoms with van der Waals surface area (Å²) in [6.45, 7) is 2.19. The summed E-state index contributed by atoms with van der Waals surface area (Å²) in [6, 6.07) is 12.4. The van der Waals surface area contributed by atoms with E-state index in [1.54, 1.807) is 43.3 Å². The zero-order valence-electron chi connectivity index (χ0n) is 14.1. The molecule has 0 aliphatic rings. The van der Waals surface area contributed by atoms with Crippen LogP contribution in [0.15, 0.2) is 53.6 Å². The van der Waals surface area contributed by atoms with Crippen molar-refractivity contribution in [2.24, 2.45) is 0 Å². The first-order valence-corrected chi connectivity index (χ1v) is 7.93. The predicted molar refractivity (Wildman–Crippen MR) is 94.1 cm³/mol. The van der Waals surface area contributed by atoms with E-state index < -0.39 is 5.97 Å². The molecule has 3 rings (SSSR count). The molecular weight excluding hydrogens is 320 g/mol. The van der Waals surface area contributed by atoms with E-state index in [-0.39, 0.29) is 18.7 Å². The average Bonchev–Trinajstić information content (AvgIpc) is 2.64. The van der Waals surface area contributed by atoms with Crippen LogP contribution in [0.4, 0.5) is 0 Å². The highest BCUT2D eigenvalue weighted by Crippen LogP contribution is 2.24. The molecule has 0 bridgehead atoms. The Balaban J connectivity index is 2.08. The minimum Gasteiger partial charge on any atom is -0.496 e. The van der Waals surface area contributed by atoms with E-state index >= 15 is 0 Å². The van der Waals surface area contributed by atoms with E-state index in [0.29, 0.717) is 27.8 Å². The van der Waals surface area contributed by atoms with E-state index in [4.69, 9.17) is 9.47 Å². The highest BCUT2D eigenvalue weighted by Gasteiger charge is 2.19. The third kappa shape index (κ3) is 3.24. The van der Waals surface area contributed by atoms with Crippen molar-refractivity contribution in [1.29, 1.82) is 0 Å². The van der Waals surface area contributed by atoms with Crippen LogP contribution in [0.2, 0.25) is 0 Å². The molecule has 0 saturated heterocycles. The maximum atomic E-state index is 12.7. The van der Waals surface area contributed by atoms with Gasteiger partial charge in [-0.1, -0.05) is 24.3 Å². The van der Waals surface area contributed by atoms with Gasteiger partial charge in [0, 0.05) is 0 Å². The van der Waals surface area contributed by atoms with Crippen molar-refractivity contribution in [2.75, 3.05) is 13.7 Å². The van der Waals surface area contributed by atoms with Gasteiger partial charge in [0.1, 0.15) is 11.3 Å². The van der Waals surface area contributed by atoms with Crippen LogP contribution in [0.3, 0.4) is 0 Å². The van der Waals surface area contributed by atoms with Crippen LogP contribution < -0.4 is 10.3 Å². The van der Waals surface area contributed by atoms with E-state index in [1.165, 1.54) is 18.0 Å². The van der Waals surface area contributed by atoms with Crippen molar-refractivity contribution in [3.8, 4) is 5.75 Å². The molecule has 6 heteroatoms. The molecule has 0 amide bonds. The second-order valence-electron chi connectivity index (χ2n) is 5.41. The normalized spacial score (nSPS) is 10.6. The Labute approximate surface area is 144 Å². The molecule has 25 heavy (non-hydrogen) atoms. The highest BCUT2D eigenvalue weighted by atomic mass is 16.5. The maximum Gasteiger partial charge on any atom is 0.342 e. The molecule has 0 N–H and O–H groups in total. The van der Waals surface area contributed by atoms with E-state index in [2.05, 4.69) is 4.98 Å². The summed E-state index contributed by atoms with van der Waals surface area (Å²) < 4.78 is 11.9. The molecule has 0 atom stereocenters. The van der Waals surface area contributed by atoms with Gasteiger partial charge in [0.15, 0.2) is 0 Å². The molecule has 0 spiro atoms. The van der Waals surface area contributed by atoms with Crippen molar-refractivity contribution in [2.45, 2.75) is 13.5 Å². The number of carbonyl (C=O) groups is 1. The number of rotatable bonds is 5. The van der Waals surface area contributed by atoms with E-state index in [0.717, 1.165) is 0 Å². The van der Waals surface area contributed by atoms with Gasteiger partial charge in [0.25, 0.3) is 5.56 Å². The van der Waals surface area contributed by atoms with Crippen molar-refractivity contribution >= 4 is 16.9 Å². The quantitative estimate of drug-likeness (QED) is 0.669. The molecule has 3 aromatic rings. The Morgan fingerprint density at radius 2 is 1.96 bits per heavy atom. The molecule has 6 nitrogen and oxygen atoms in total. The number of esters is 1. The Hall–Kier alpha value is -3.15. The Morgan fingerprint density at radius 3 is 2.72 bits per heavy atom. The van der Waals surface area contributed by atoms with Gasteiger partial charge in [-0.05, 0) is 30.7 Å². The standard InChI is InChI=1S/C19H18N2O4/c1-3-25-19(23)17-13(7-6-10-16(17)24-2)11-21-12-20-15-9-5-4-8-14(15)18(21)22/h4-10,12H,3,11H2,1-2H3. The summed E-state index contributed by atoms with van der Waals surface area (Å²) in [5.41, 5.74) is 1.44. The summed E-state index contributed by atoms with van der Waals surface area (Å²) in [6.07, 6.45) is 1.49. The number of aromatic nitrogens is 2. The fourth-order valence-electron chi connectivity index (χ4n) is 2.72. The summed E-state index contributed by atoms with van der Waals surface area (Å²) in [4.78, 5) is 29.3. The maximum absolute atomic E-state index is 12.7. The van der Waals surface area contributed by atoms with Crippen molar-refractivity contribution < 1.29 is 14.3 Å². The van der Waals surface area contributed by atoms with Gasteiger partial charge in [-0.3, -0.25) is 9.36 Å². The molecule has 1 heterocycles. The molecule has 0 aliphatic heterocycles. The van der Waals surface area contributed by atoms with Crippen LogP contribution in [-0.2, 0) is 11.3 Å². The van der Waals surface area contributed by atoms with Crippen molar-refractivity contribution in [3.63, 3.8) is 0 Å². The van der Waals surface area contributed by atoms with Crippen LogP contribution in [0.5, 0.6) is 5.75 Å². The summed E-state index contributed by atoms with van der Waals surface area (Å²) in [7, 11) is 1.49. The summed E-state index contributed by atoms with van der Waals surface area (Å²) in [5, 5.41) is 0.533. The lowest BCUT2D eigenvalue weighted by Gasteiger charge is -2.14. The molecular formula is C19H18N2O4. The van der Waals surface area contributed by atoms with E-state index in [9.17, 15) is 9.59 Å². The van der Waals surface area contributed by atoms with Gasteiger partial charge in [-0.2, -0.15) is 0 Å². The Bertz CT molecular complexity index is 979. The smallest absolute Gasteiger partial charge is 0.342 e. The fraction of sp³-hybridized carbons (Fsp3) is 0.211. The van der Waals surface area contributed by atoms with Crippen LogP contribution >= 0.6 is 0 Å². The molecule has 0 saturated carbocycles. The Morgan fingerprint density at radius 1 is 1.16 bits per heavy atom. The zero-order valence-corrected chi connectivity index (χ0v) is 14.1. The number of nitrogens with zero attached hydrogens (tertiary/aromatic N) is 2. The first kappa shape index (κ1) is 16.7. The molecule has 0 aliphatic carbocycles. The van der Waals surface area contributed by atoms with Gasteiger partial charge in [-0.25, -0.2) is 9.78 Å². The number of para-hydroxylation sites is 1. The number of methoxy groups -OCH3 is 1. The number of hydrogen-bond donors (Lipinski definition) is 0. The SMILES string of the molecule is CCOC(=O)c1c(Cn2cnc3ccccc3c2=O)cccc1OC. The van der Waals surface area contributed by atoms with Gasteiger partial charge < -0.3 is 9.47 Å². The molecule has 0 fully saturated rings. The molecule has 128 valence electrons. The number of hydrogen-bond acceptors (Lipinski definition) is 5. The van der Waals surface area contributed by atoms with Crippen molar-refractivity contribution in [3.05, 3.63) is 70.3 Å². The summed E-state index contributed by atoms with van der Waals surface area (Å²) in [5.74, 6) is -0.0607. The fourth-order valence-corrected chi connectivity index (χ4v) is 2.72. The van der Waals surface area contributed by atoms with Gasteiger partial charge in [0.05, 0.1) is 37.5 Å². The highest BCUT2D eigenvalue weighted by molar-refractivity contribution is 5.94. The first-order chi connectivity index (χ1) is 12.2. The van der Waals surface area contributed by atoms with Crippen LogP contribution in [0.1, 0.15) is 22.8 Å². The van der Waals surface area contributed by atoms with Crippen molar-refractivity contribution in [1.82, 2.24) is 9.55 Å². The van der Waals surface area contributed by atoms with Gasteiger partial charge in [-0.15, -0.1) is 0 Å². The molecule has 0 unspecified atom stereocenters. The monoisotopic (exact) mass is 338 g/mol. The third-order valence-electron chi connectivity index (χ3n) is 3.88.